The molecule has 0 bridgehead atoms. The molecule has 108 valence electrons. The van der Waals surface area contributed by atoms with Crippen molar-refractivity contribution < 1.29 is 9.59 Å². The fraction of sp³-hybridized carbons (Fsp3) is 0.800. The topological polar surface area (TPSA) is 73.2 Å². The van der Waals surface area contributed by atoms with Crippen molar-refractivity contribution in [1.29, 1.82) is 5.26 Å². The molecular weight excluding hydrogens is 254 g/mol. The van der Waals surface area contributed by atoms with Crippen LogP contribution in [0.25, 0.3) is 0 Å². The van der Waals surface area contributed by atoms with Gasteiger partial charge in [0.15, 0.2) is 0 Å². The summed E-state index contributed by atoms with van der Waals surface area (Å²) in [6, 6.07) is 1.97. The van der Waals surface area contributed by atoms with E-state index in [0.29, 0.717) is 18.9 Å². The lowest BCUT2D eigenvalue weighted by Crippen LogP contribution is -2.53. The molecule has 5 nitrogen and oxygen atoms in total. The van der Waals surface area contributed by atoms with Crippen LogP contribution in [0.3, 0.4) is 0 Å². The van der Waals surface area contributed by atoms with Crippen LogP contribution in [0.5, 0.6) is 0 Å². The molecule has 3 aliphatic rings. The zero-order valence-electron chi connectivity index (χ0n) is 11.9. The number of nitrogens with one attached hydrogen (secondary N) is 1. The Labute approximate surface area is 119 Å². The summed E-state index contributed by atoms with van der Waals surface area (Å²) in [7, 11) is 0. The Kier molecular flexibility index (Phi) is 3.00. The van der Waals surface area contributed by atoms with Crippen molar-refractivity contribution in [3.8, 4) is 6.07 Å². The van der Waals surface area contributed by atoms with Crippen LogP contribution in [0.1, 0.15) is 51.9 Å². The number of rotatable bonds is 3. The molecule has 0 aromatic heterocycles. The summed E-state index contributed by atoms with van der Waals surface area (Å²) in [5.74, 6) is 0.502. The van der Waals surface area contributed by atoms with Crippen molar-refractivity contribution in [2.75, 3.05) is 6.54 Å². The van der Waals surface area contributed by atoms with Gasteiger partial charge in [0, 0.05) is 18.4 Å². The molecule has 1 heterocycles. The van der Waals surface area contributed by atoms with Crippen LogP contribution >= 0.6 is 0 Å². The minimum atomic E-state index is -0.630. The lowest BCUT2D eigenvalue weighted by Gasteiger charge is -2.41. The average molecular weight is 275 g/mol. The molecule has 0 aromatic carbocycles. The SMILES string of the molecule is CC1CCC2(CC1)C(=O)NC(=O)N2CC1(CC#N)CC1. The van der Waals surface area contributed by atoms with Crippen molar-refractivity contribution in [2.45, 2.75) is 57.4 Å². The molecule has 1 N–H and O–H groups in total. The molecule has 3 fully saturated rings. The normalized spacial score (nSPS) is 35.0. The Morgan fingerprint density at radius 2 is 1.95 bits per heavy atom. The van der Waals surface area contributed by atoms with Crippen LogP contribution in [-0.2, 0) is 4.79 Å². The van der Waals surface area contributed by atoms with Crippen molar-refractivity contribution in [3.63, 3.8) is 0 Å². The van der Waals surface area contributed by atoms with E-state index in [1.807, 2.05) is 0 Å². The van der Waals surface area contributed by atoms with Gasteiger partial charge in [-0.25, -0.2) is 4.79 Å². The van der Waals surface area contributed by atoms with E-state index in [2.05, 4.69) is 18.3 Å². The van der Waals surface area contributed by atoms with Gasteiger partial charge in [-0.1, -0.05) is 6.92 Å². The number of carbonyl (C=O) groups excluding carboxylic acids is 2. The third kappa shape index (κ3) is 1.98. The van der Waals surface area contributed by atoms with E-state index >= 15 is 0 Å². The summed E-state index contributed by atoms with van der Waals surface area (Å²) in [5.41, 5.74) is -0.679. The molecule has 5 heteroatoms. The summed E-state index contributed by atoms with van der Waals surface area (Å²) in [4.78, 5) is 26.2. The first-order chi connectivity index (χ1) is 9.51. The van der Waals surface area contributed by atoms with Crippen LogP contribution in [0, 0.1) is 22.7 Å². The number of nitrogens with zero attached hydrogens (tertiary/aromatic N) is 2. The molecule has 3 amide bonds. The zero-order chi connectivity index (χ0) is 14.4. The lowest BCUT2D eigenvalue weighted by atomic mass is 9.76. The molecule has 0 atom stereocenters. The Bertz CT molecular complexity index is 482. The molecule has 2 saturated carbocycles. The Morgan fingerprint density at radius 3 is 2.50 bits per heavy atom. The van der Waals surface area contributed by atoms with Crippen LogP contribution < -0.4 is 5.32 Å². The predicted octanol–water partition coefficient (Wildman–Crippen LogP) is 2.18. The minimum Gasteiger partial charge on any atom is -0.309 e. The lowest BCUT2D eigenvalue weighted by molar-refractivity contribution is -0.129. The van der Waals surface area contributed by atoms with Crippen molar-refractivity contribution in [1.82, 2.24) is 10.2 Å². The third-order valence-electron chi connectivity index (χ3n) is 5.41. The van der Waals surface area contributed by atoms with E-state index < -0.39 is 5.54 Å². The molecule has 1 saturated heterocycles. The maximum Gasteiger partial charge on any atom is 0.325 e. The monoisotopic (exact) mass is 275 g/mol. The van der Waals surface area contributed by atoms with Crippen LogP contribution in [0.4, 0.5) is 4.79 Å². The van der Waals surface area contributed by atoms with E-state index in [-0.39, 0.29) is 17.4 Å². The van der Waals surface area contributed by atoms with Crippen molar-refractivity contribution in [3.05, 3.63) is 0 Å². The largest absolute Gasteiger partial charge is 0.325 e. The summed E-state index contributed by atoms with van der Waals surface area (Å²) in [6.45, 7) is 2.76. The number of hydrogen-bond acceptors (Lipinski definition) is 3. The highest BCUT2D eigenvalue weighted by Crippen LogP contribution is 2.51. The van der Waals surface area contributed by atoms with Gasteiger partial charge in [-0.05, 0) is 44.4 Å². The number of hydrogen-bond donors (Lipinski definition) is 1. The van der Waals surface area contributed by atoms with E-state index in [1.54, 1.807) is 4.90 Å². The van der Waals surface area contributed by atoms with Gasteiger partial charge in [-0.2, -0.15) is 5.26 Å². The molecule has 20 heavy (non-hydrogen) atoms. The maximum atomic E-state index is 12.3. The van der Waals surface area contributed by atoms with Crippen LogP contribution in [0.15, 0.2) is 0 Å². The predicted molar refractivity (Wildman–Crippen MR) is 72.5 cm³/mol. The first-order valence-corrected chi connectivity index (χ1v) is 7.51. The third-order valence-corrected chi connectivity index (χ3v) is 5.41. The standard InChI is InChI=1S/C15H21N3O2/c1-11-2-4-15(5-3-11)12(19)17-13(20)18(15)10-14(6-7-14)8-9-16/h11H,2-8,10H2,1H3,(H,17,19,20). The van der Waals surface area contributed by atoms with Gasteiger partial charge >= 0.3 is 6.03 Å². The first kappa shape index (κ1) is 13.4. The fourth-order valence-corrected chi connectivity index (χ4v) is 3.63. The number of carbonyl (C=O) groups is 2. The molecule has 2 aliphatic carbocycles. The van der Waals surface area contributed by atoms with E-state index in [9.17, 15) is 9.59 Å². The molecule has 0 unspecified atom stereocenters. The van der Waals surface area contributed by atoms with Gasteiger partial charge in [-0.3, -0.25) is 10.1 Å². The summed E-state index contributed by atoms with van der Waals surface area (Å²) < 4.78 is 0. The Morgan fingerprint density at radius 1 is 1.30 bits per heavy atom. The maximum absolute atomic E-state index is 12.3. The number of amides is 3. The van der Waals surface area contributed by atoms with Gasteiger partial charge in [0.1, 0.15) is 5.54 Å². The van der Waals surface area contributed by atoms with Crippen LogP contribution in [0.2, 0.25) is 0 Å². The highest BCUT2D eigenvalue weighted by Gasteiger charge is 2.57. The Balaban J connectivity index is 1.82. The summed E-state index contributed by atoms with van der Waals surface area (Å²) >= 11 is 0. The van der Waals surface area contributed by atoms with Gasteiger partial charge in [0.2, 0.25) is 0 Å². The number of imide groups is 1. The summed E-state index contributed by atoms with van der Waals surface area (Å²) in [5, 5.41) is 11.4. The zero-order valence-corrected chi connectivity index (χ0v) is 11.9. The average Bonchev–Trinajstić information content (AvgIpc) is 3.13. The second-order valence-corrected chi connectivity index (χ2v) is 6.89. The van der Waals surface area contributed by atoms with Crippen molar-refractivity contribution >= 4 is 11.9 Å². The molecular formula is C15H21N3O2. The van der Waals surface area contributed by atoms with Gasteiger partial charge in [0.25, 0.3) is 5.91 Å². The molecule has 1 spiro atoms. The molecule has 0 aromatic rings. The van der Waals surface area contributed by atoms with Crippen molar-refractivity contribution in [2.24, 2.45) is 11.3 Å². The van der Waals surface area contributed by atoms with Gasteiger partial charge in [0.05, 0.1) is 6.07 Å². The van der Waals surface area contributed by atoms with E-state index in [4.69, 9.17) is 5.26 Å². The first-order valence-electron chi connectivity index (χ1n) is 7.51. The second kappa shape index (κ2) is 4.47. The van der Waals surface area contributed by atoms with E-state index in [1.165, 1.54) is 0 Å². The van der Waals surface area contributed by atoms with Gasteiger partial charge in [-0.15, -0.1) is 0 Å². The van der Waals surface area contributed by atoms with Gasteiger partial charge < -0.3 is 4.90 Å². The Hall–Kier alpha value is -1.57. The number of urea groups is 1. The molecule has 0 radical (unpaired) electrons. The highest BCUT2D eigenvalue weighted by atomic mass is 16.2. The van der Waals surface area contributed by atoms with E-state index in [0.717, 1.165) is 38.5 Å². The van der Waals surface area contributed by atoms with Crippen LogP contribution in [-0.4, -0.2) is 28.9 Å². The fourth-order valence-electron chi connectivity index (χ4n) is 3.63. The smallest absolute Gasteiger partial charge is 0.309 e. The molecule has 1 aliphatic heterocycles. The number of nitriles is 1. The highest BCUT2D eigenvalue weighted by molar-refractivity contribution is 6.07. The quantitative estimate of drug-likeness (QED) is 0.802. The second-order valence-electron chi connectivity index (χ2n) is 6.89. The molecule has 3 rings (SSSR count). The minimum absolute atomic E-state index is 0.0488. The summed E-state index contributed by atoms with van der Waals surface area (Å²) in [6.07, 6.45) is 5.96.